The Hall–Kier alpha value is -3.04. The Morgan fingerprint density at radius 2 is 1.61 bits per heavy atom. The first kappa shape index (κ1) is 25.2. The van der Waals surface area contributed by atoms with Gasteiger partial charge >= 0.3 is 0 Å². The van der Waals surface area contributed by atoms with E-state index in [-0.39, 0.29) is 23.2 Å². The number of nitrogens with zero attached hydrogens (tertiary/aromatic N) is 4. The summed E-state index contributed by atoms with van der Waals surface area (Å²) in [6.45, 7) is 6.66. The first-order valence-corrected chi connectivity index (χ1v) is 13.9. The average Bonchev–Trinajstić information content (AvgIpc) is 3.26. The van der Waals surface area contributed by atoms with Gasteiger partial charge in [0.05, 0.1) is 17.1 Å². The summed E-state index contributed by atoms with van der Waals surface area (Å²) in [4.78, 5) is 35.7. The zero-order valence-corrected chi connectivity index (χ0v) is 22.3. The number of hydrogen-bond donors (Lipinski definition) is 2. The van der Waals surface area contributed by atoms with E-state index in [1.165, 1.54) is 22.3 Å². The zero-order valence-electron chi connectivity index (χ0n) is 21.4. The maximum Gasteiger partial charge on any atom is 0.243 e. The number of hydrogen-bond acceptors (Lipinski definition) is 7. The average molecular weight is 528 g/mol. The lowest BCUT2D eigenvalue weighted by molar-refractivity contribution is -0.137. The molecule has 1 N–H and O–H groups in total. The first-order valence-electron chi connectivity index (χ1n) is 13.4. The van der Waals surface area contributed by atoms with Gasteiger partial charge in [-0.15, -0.1) is 0 Å². The van der Waals surface area contributed by atoms with Crippen LogP contribution >= 0.6 is 12.6 Å². The molecule has 7 nitrogen and oxygen atoms in total. The van der Waals surface area contributed by atoms with E-state index in [1.54, 1.807) is 0 Å². The van der Waals surface area contributed by atoms with Crippen molar-refractivity contribution in [3.8, 4) is 11.3 Å². The van der Waals surface area contributed by atoms with Crippen molar-refractivity contribution in [2.45, 2.75) is 43.9 Å². The molecule has 3 aliphatic rings. The second-order valence-corrected chi connectivity index (χ2v) is 11.0. The molecule has 2 aromatic carbocycles. The molecule has 2 amide bonds. The molecule has 4 heterocycles. The molecule has 6 rings (SSSR count). The van der Waals surface area contributed by atoms with E-state index in [9.17, 15) is 9.59 Å². The van der Waals surface area contributed by atoms with Gasteiger partial charge in [-0.1, -0.05) is 48.5 Å². The second-order valence-electron chi connectivity index (χ2n) is 10.5. The highest BCUT2D eigenvalue weighted by atomic mass is 32.1. The maximum absolute atomic E-state index is 12.4. The molecule has 196 valence electrons. The number of piperidine rings is 1. The van der Waals surface area contributed by atoms with Crippen molar-refractivity contribution in [1.29, 1.82) is 0 Å². The van der Waals surface area contributed by atoms with Gasteiger partial charge < -0.3 is 0 Å². The monoisotopic (exact) mass is 527 g/mol. The molecule has 0 spiro atoms. The zero-order chi connectivity index (χ0) is 26.1. The predicted molar refractivity (Wildman–Crippen MR) is 150 cm³/mol. The molecule has 2 atom stereocenters. The Bertz CT molecular complexity index is 1330. The maximum atomic E-state index is 12.4. The van der Waals surface area contributed by atoms with Crippen LogP contribution in [0.5, 0.6) is 0 Å². The summed E-state index contributed by atoms with van der Waals surface area (Å²) in [5.41, 5.74) is 7.15. The van der Waals surface area contributed by atoms with Crippen LogP contribution in [0.4, 0.5) is 0 Å². The fourth-order valence-corrected chi connectivity index (χ4v) is 6.31. The summed E-state index contributed by atoms with van der Waals surface area (Å²) in [5, 5.41) is 2.35. The number of nitrogens with one attached hydrogen (secondary N) is 1. The van der Waals surface area contributed by atoms with Crippen LogP contribution in [0.2, 0.25) is 0 Å². The second kappa shape index (κ2) is 11.0. The lowest BCUT2D eigenvalue weighted by Crippen LogP contribution is -2.51. The molecule has 0 bridgehead atoms. The fourth-order valence-electron chi connectivity index (χ4n) is 5.83. The fraction of sp³-hybridized carbons (Fsp3) is 0.367. The number of thiol groups is 1. The number of piperazine rings is 1. The summed E-state index contributed by atoms with van der Waals surface area (Å²) >= 11 is 4.88. The number of carbonyl (C=O) groups is 2. The number of imide groups is 1. The largest absolute Gasteiger partial charge is 0.297 e. The van der Waals surface area contributed by atoms with Gasteiger partial charge in [-0.3, -0.25) is 34.6 Å². The summed E-state index contributed by atoms with van der Waals surface area (Å²) in [5.74, 6) is -0.381. The van der Waals surface area contributed by atoms with Crippen molar-refractivity contribution in [1.82, 2.24) is 25.0 Å². The van der Waals surface area contributed by atoms with Gasteiger partial charge in [-0.05, 0) is 40.8 Å². The standard InChI is InChI=1S/C30H33N5O2S/c36-28-9-8-27(29(37)32-28)35-20-24-7-6-21(16-25(24)30(35)38)18-33-12-14-34(15-13-33)19-22-10-11-31-26(17-22)23-4-2-1-3-5-23/h1-7,10-11,16-17,27,30,38H,8-9,12-15,18-20H2,(H,32,36,37). The van der Waals surface area contributed by atoms with Gasteiger partial charge in [-0.25, -0.2) is 0 Å². The van der Waals surface area contributed by atoms with Crippen molar-refractivity contribution in [3.05, 3.63) is 89.1 Å². The molecule has 3 aromatic rings. The van der Waals surface area contributed by atoms with Crippen LogP contribution in [-0.2, 0) is 29.2 Å². The Labute approximate surface area is 229 Å². The molecular weight excluding hydrogens is 494 g/mol. The minimum atomic E-state index is -0.303. The highest BCUT2D eigenvalue weighted by Gasteiger charge is 2.39. The van der Waals surface area contributed by atoms with Crippen LogP contribution in [0.1, 0.15) is 40.5 Å². The summed E-state index contributed by atoms with van der Waals surface area (Å²) in [6, 6.07) is 21.0. The van der Waals surface area contributed by atoms with E-state index >= 15 is 0 Å². The molecule has 3 aliphatic heterocycles. The Kier molecular flexibility index (Phi) is 7.30. The minimum absolute atomic E-state index is 0.133. The highest BCUT2D eigenvalue weighted by Crippen LogP contribution is 2.39. The topological polar surface area (TPSA) is 68.8 Å². The molecule has 8 heteroatoms. The van der Waals surface area contributed by atoms with E-state index < -0.39 is 0 Å². The molecule has 2 unspecified atom stereocenters. The number of fused-ring (bicyclic) bond motifs is 1. The first-order chi connectivity index (χ1) is 18.5. The lowest BCUT2D eigenvalue weighted by Gasteiger charge is -2.35. The predicted octanol–water partition coefficient (Wildman–Crippen LogP) is 3.62. The van der Waals surface area contributed by atoms with Crippen LogP contribution in [0, 0.1) is 0 Å². The number of pyridine rings is 1. The third-order valence-electron chi connectivity index (χ3n) is 7.94. The van der Waals surface area contributed by atoms with Crippen LogP contribution in [0.15, 0.2) is 66.9 Å². The van der Waals surface area contributed by atoms with Gasteiger partial charge in [0.2, 0.25) is 11.8 Å². The van der Waals surface area contributed by atoms with Crippen LogP contribution in [0.3, 0.4) is 0 Å². The minimum Gasteiger partial charge on any atom is -0.297 e. The molecule has 0 aliphatic carbocycles. The molecule has 38 heavy (non-hydrogen) atoms. The van der Waals surface area contributed by atoms with Crippen molar-refractivity contribution in [2.24, 2.45) is 0 Å². The van der Waals surface area contributed by atoms with E-state index in [2.05, 4.69) is 79.6 Å². The third kappa shape index (κ3) is 5.40. The third-order valence-corrected chi connectivity index (χ3v) is 8.51. The van der Waals surface area contributed by atoms with Gasteiger partial charge in [0, 0.05) is 64.0 Å². The quantitative estimate of drug-likeness (QED) is 0.377. The van der Waals surface area contributed by atoms with Gasteiger partial charge in [-0.2, -0.15) is 12.6 Å². The van der Waals surface area contributed by atoms with Crippen LogP contribution in [-0.4, -0.2) is 63.7 Å². The molecule has 0 saturated carbocycles. The Balaban J connectivity index is 1.04. The number of amides is 2. The van der Waals surface area contributed by atoms with Gasteiger partial charge in [0.15, 0.2) is 0 Å². The van der Waals surface area contributed by atoms with Crippen molar-refractivity contribution < 1.29 is 9.59 Å². The Morgan fingerprint density at radius 1 is 0.895 bits per heavy atom. The molecular formula is C30H33N5O2S. The normalized spacial score (nSPS) is 22.9. The van der Waals surface area contributed by atoms with E-state index in [0.717, 1.165) is 50.5 Å². The number of benzene rings is 2. The molecule has 0 radical (unpaired) electrons. The molecule has 2 saturated heterocycles. The van der Waals surface area contributed by atoms with Crippen LogP contribution < -0.4 is 5.32 Å². The van der Waals surface area contributed by atoms with Crippen molar-refractivity contribution in [3.63, 3.8) is 0 Å². The Morgan fingerprint density at radius 3 is 2.32 bits per heavy atom. The number of carbonyl (C=O) groups excluding carboxylic acids is 2. The van der Waals surface area contributed by atoms with Crippen molar-refractivity contribution >= 4 is 24.4 Å². The highest BCUT2D eigenvalue weighted by molar-refractivity contribution is 7.80. The summed E-state index contributed by atoms with van der Waals surface area (Å²) in [6.07, 6.45) is 2.86. The summed E-state index contributed by atoms with van der Waals surface area (Å²) in [7, 11) is 0. The van der Waals surface area contributed by atoms with Gasteiger partial charge in [0.1, 0.15) is 0 Å². The van der Waals surface area contributed by atoms with Crippen molar-refractivity contribution in [2.75, 3.05) is 26.2 Å². The van der Waals surface area contributed by atoms with Gasteiger partial charge in [0.25, 0.3) is 0 Å². The SMILES string of the molecule is O=C1CCC(N2Cc3ccc(CN4CCN(Cc5ccnc(-c6ccccc6)c5)CC4)cc3C2S)C(=O)N1. The number of aromatic nitrogens is 1. The smallest absolute Gasteiger partial charge is 0.243 e. The molecule has 2 fully saturated rings. The summed E-state index contributed by atoms with van der Waals surface area (Å²) < 4.78 is 0. The van der Waals surface area contributed by atoms with Crippen LogP contribution in [0.25, 0.3) is 11.3 Å². The number of rotatable bonds is 6. The van der Waals surface area contributed by atoms with E-state index in [0.29, 0.717) is 19.4 Å². The molecule has 1 aromatic heterocycles. The van der Waals surface area contributed by atoms with E-state index in [4.69, 9.17) is 12.6 Å². The lowest BCUT2D eigenvalue weighted by atomic mass is 10.0. The van der Waals surface area contributed by atoms with E-state index in [1.807, 2.05) is 12.3 Å².